The average molecular weight is 510 g/mol. The van der Waals surface area contributed by atoms with Gasteiger partial charge in [-0.1, -0.05) is 17.7 Å². The van der Waals surface area contributed by atoms with Crippen molar-refractivity contribution in [1.29, 1.82) is 0 Å². The lowest BCUT2D eigenvalue weighted by atomic mass is 10.1. The van der Waals surface area contributed by atoms with E-state index in [2.05, 4.69) is 25.3 Å². The van der Waals surface area contributed by atoms with Crippen molar-refractivity contribution in [2.45, 2.75) is 47.4 Å². The Morgan fingerprint density at radius 3 is 2.59 bits per heavy atom. The van der Waals surface area contributed by atoms with Crippen molar-refractivity contribution in [3.05, 3.63) is 44.9 Å². The van der Waals surface area contributed by atoms with Crippen LogP contribution in [0.15, 0.2) is 23.2 Å². The molecule has 9 heteroatoms. The van der Waals surface area contributed by atoms with Gasteiger partial charge in [0.25, 0.3) is 0 Å². The summed E-state index contributed by atoms with van der Waals surface area (Å²) in [5.41, 5.74) is 2.58. The third-order valence-corrected chi connectivity index (χ3v) is 4.67. The molecule has 0 aliphatic heterocycles. The number of ether oxygens (including phenoxy) is 1. The number of guanidine groups is 1. The molecule has 2 aromatic rings. The van der Waals surface area contributed by atoms with Gasteiger partial charge in [0, 0.05) is 17.0 Å². The van der Waals surface area contributed by atoms with E-state index >= 15 is 0 Å². The van der Waals surface area contributed by atoms with Gasteiger partial charge < -0.3 is 15.4 Å². The Balaban J connectivity index is 0.00000364. The maximum absolute atomic E-state index is 12.6. The van der Waals surface area contributed by atoms with E-state index in [-0.39, 0.29) is 36.3 Å². The quantitative estimate of drug-likeness (QED) is 0.326. The number of thiazole rings is 1. The predicted molar refractivity (Wildman–Crippen MR) is 116 cm³/mol. The van der Waals surface area contributed by atoms with Crippen LogP contribution in [0.1, 0.15) is 33.6 Å². The highest BCUT2D eigenvalue weighted by molar-refractivity contribution is 14.0. The number of hydrogen-bond acceptors (Lipinski definition) is 4. The summed E-state index contributed by atoms with van der Waals surface area (Å²) in [4.78, 5) is 10.1. The minimum absolute atomic E-state index is 0. The van der Waals surface area contributed by atoms with Crippen LogP contribution in [0.25, 0.3) is 0 Å². The molecule has 0 bridgehead atoms. The number of alkyl halides is 2. The minimum Gasteiger partial charge on any atom is -0.434 e. The third kappa shape index (κ3) is 7.57. The fourth-order valence-corrected chi connectivity index (χ4v) is 3.33. The van der Waals surface area contributed by atoms with E-state index in [1.165, 1.54) is 0 Å². The Morgan fingerprint density at radius 1 is 1.26 bits per heavy atom. The monoisotopic (exact) mass is 510 g/mol. The van der Waals surface area contributed by atoms with Gasteiger partial charge in [-0.2, -0.15) is 8.78 Å². The van der Waals surface area contributed by atoms with Gasteiger partial charge in [-0.05, 0) is 33.8 Å². The molecule has 0 saturated carbocycles. The van der Waals surface area contributed by atoms with Crippen LogP contribution in [0.2, 0.25) is 0 Å². The zero-order valence-electron chi connectivity index (χ0n) is 15.8. The Kier molecular flexibility index (Phi) is 9.92. The van der Waals surface area contributed by atoms with Gasteiger partial charge in [-0.15, -0.1) is 35.3 Å². The molecule has 0 spiro atoms. The van der Waals surface area contributed by atoms with E-state index in [9.17, 15) is 8.78 Å². The van der Waals surface area contributed by atoms with E-state index < -0.39 is 6.61 Å². The molecule has 0 saturated heterocycles. The summed E-state index contributed by atoms with van der Waals surface area (Å²) in [6.07, 6.45) is 0. The fourth-order valence-electron chi connectivity index (χ4n) is 2.45. The Bertz CT molecular complexity index is 768. The second kappa shape index (κ2) is 11.4. The summed E-state index contributed by atoms with van der Waals surface area (Å²) in [6.45, 7) is 6.50. The molecule has 0 aliphatic carbocycles. The highest BCUT2D eigenvalue weighted by atomic mass is 127. The number of hydrogen-bond donors (Lipinski definition) is 2. The molecule has 2 rings (SSSR count). The van der Waals surface area contributed by atoms with Crippen molar-refractivity contribution in [1.82, 2.24) is 15.6 Å². The van der Waals surface area contributed by atoms with Crippen LogP contribution in [0, 0.1) is 20.8 Å². The lowest BCUT2D eigenvalue weighted by molar-refractivity contribution is -0.0504. The first-order chi connectivity index (χ1) is 12.4. The molecule has 27 heavy (non-hydrogen) atoms. The van der Waals surface area contributed by atoms with Gasteiger partial charge in [0.15, 0.2) is 5.96 Å². The van der Waals surface area contributed by atoms with Crippen LogP contribution in [0.4, 0.5) is 8.78 Å². The molecule has 1 heterocycles. The molecular weight excluding hydrogens is 485 g/mol. The van der Waals surface area contributed by atoms with E-state index in [4.69, 9.17) is 0 Å². The Morgan fingerprint density at radius 2 is 2.00 bits per heavy atom. The molecule has 0 radical (unpaired) electrons. The molecule has 0 unspecified atom stereocenters. The standard InChI is InChI=1S/C18H24F2N4OS.HI/c1-5-21-18(23-10-16-12(3)24-13(4)26-16)22-9-14-8-11(2)6-7-15(14)25-17(19)20;/h6-8,17H,5,9-10H2,1-4H3,(H2,21,22,23);1H. The number of aliphatic imine (C=N–C) groups is 1. The summed E-state index contributed by atoms with van der Waals surface area (Å²) in [6, 6.07) is 5.10. The van der Waals surface area contributed by atoms with Crippen molar-refractivity contribution in [2.75, 3.05) is 6.54 Å². The number of halogens is 3. The molecular formula is C18H25F2IN4OS. The SMILES string of the molecule is CCNC(=NCc1cc(C)ccc1OC(F)F)NCc1sc(C)nc1C.I. The maximum atomic E-state index is 12.6. The van der Waals surface area contributed by atoms with E-state index in [0.717, 1.165) is 21.1 Å². The van der Waals surface area contributed by atoms with Crippen molar-refractivity contribution < 1.29 is 13.5 Å². The number of benzene rings is 1. The molecule has 1 aromatic heterocycles. The maximum Gasteiger partial charge on any atom is 0.387 e. The summed E-state index contributed by atoms with van der Waals surface area (Å²) in [5.74, 6) is 0.765. The van der Waals surface area contributed by atoms with Crippen LogP contribution in [-0.2, 0) is 13.1 Å². The molecule has 1 aromatic carbocycles. The van der Waals surface area contributed by atoms with Gasteiger partial charge in [-0.3, -0.25) is 0 Å². The zero-order valence-corrected chi connectivity index (χ0v) is 19.0. The van der Waals surface area contributed by atoms with Crippen LogP contribution >= 0.6 is 35.3 Å². The first-order valence-corrected chi connectivity index (χ1v) is 9.20. The number of aromatic nitrogens is 1. The summed E-state index contributed by atoms with van der Waals surface area (Å²) >= 11 is 1.64. The topological polar surface area (TPSA) is 58.5 Å². The second-order valence-electron chi connectivity index (χ2n) is 5.78. The van der Waals surface area contributed by atoms with Crippen molar-refractivity contribution in [3.63, 3.8) is 0 Å². The number of nitrogens with one attached hydrogen (secondary N) is 2. The minimum atomic E-state index is -2.86. The lowest BCUT2D eigenvalue weighted by Crippen LogP contribution is -2.36. The molecule has 0 atom stereocenters. The lowest BCUT2D eigenvalue weighted by Gasteiger charge is -2.13. The average Bonchev–Trinajstić information content (AvgIpc) is 2.89. The van der Waals surface area contributed by atoms with E-state index in [1.54, 1.807) is 23.5 Å². The van der Waals surface area contributed by atoms with Gasteiger partial charge in [-0.25, -0.2) is 9.98 Å². The van der Waals surface area contributed by atoms with Crippen LogP contribution in [-0.4, -0.2) is 24.1 Å². The summed E-state index contributed by atoms with van der Waals surface area (Å²) in [7, 11) is 0. The molecule has 150 valence electrons. The molecule has 2 N–H and O–H groups in total. The molecule has 0 amide bonds. The Hall–Kier alpha value is -1.49. The normalized spacial score (nSPS) is 11.3. The van der Waals surface area contributed by atoms with Gasteiger partial charge in [0.2, 0.25) is 0 Å². The zero-order chi connectivity index (χ0) is 19.1. The van der Waals surface area contributed by atoms with Gasteiger partial charge in [0.05, 0.1) is 23.8 Å². The molecule has 0 fully saturated rings. The molecule has 5 nitrogen and oxygen atoms in total. The number of aryl methyl sites for hydroxylation is 3. The van der Waals surface area contributed by atoms with E-state index in [1.807, 2.05) is 33.8 Å². The van der Waals surface area contributed by atoms with Crippen molar-refractivity contribution in [2.24, 2.45) is 4.99 Å². The van der Waals surface area contributed by atoms with Gasteiger partial charge >= 0.3 is 6.61 Å². The number of rotatable bonds is 7. The van der Waals surface area contributed by atoms with Gasteiger partial charge in [0.1, 0.15) is 5.75 Å². The molecule has 0 aliphatic rings. The highest BCUT2D eigenvalue weighted by Crippen LogP contribution is 2.23. The van der Waals surface area contributed by atoms with Crippen molar-refractivity contribution in [3.8, 4) is 5.75 Å². The smallest absolute Gasteiger partial charge is 0.387 e. The Labute approximate surface area is 179 Å². The van der Waals surface area contributed by atoms with Crippen molar-refractivity contribution >= 4 is 41.3 Å². The first kappa shape index (κ1) is 23.5. The highest BCUT2D eigenvalue weighted by Gasteiger charge is 2.10. The fraction of sp³-hybridized carbons (Fsp3) is 0.444. The first-order valence-electron chi connectivity index (χ1n) is 8.38. The largest absolute Gasteiger partial charge is 0.434 e. The summed E-state index contributed by atoms with van der Waals surface area (Å²) in [5, 5.41) is 7.44. The predicted octanol–water partition coefficient (Wildman–Crippen LogP) is 4.54. The van der Waals surface area contributed by atoms with Crippen LogP contribution in [0.5, 0.6) is 5.75 Å². The third-order valence-electron chi connectivity index (χ3n) is 3.60. The van der Waals surface area contributed by atoms with E-state index in [0.29, 0.717) is 24.6 Å². The second-order valence-corrected chi connectivity index (χ2v) is 7.07. The van der Waals surface area contributed by atoms with Crippen LogP contribution in [0.3, 0.4) is 0 Å². The summed E-state index contributed by atoms with van der Waals surface area (Å²) < 4.78 is 29.8. The number of nitrogens with zero attached hydrogens (tertiary/aromatic N) is 2. The van der Waals surface area contributed by atoms with Crippen LogP contribution < -0.4 is 15.4 Å².